The SMILES string of the molecule is CCOC(=O)[C@]12CCCC[C@@]1(F)CNC2. The lowest BCUT2D eigenvalue weighted by atomic mass is 9.66. The van der Waals surface area contributed by atoms with Crippen molar-refractivity contribution in [2.75, 3.05) is 19.7 Å². The van der Waals surface area contributed by atoms with Gasteiger partial charge in [0, 0.05) is 13.1 Å². The lowest BCUT2D eigenvalue weighted by molar-refractivity contribution is -0.166. The monoisotopic (exact) mass is 215 g/mol. The van der Waals surface area contributed by atoms with Gasteiger partial charge in [-0.3, -0.25) is 4.79 Å². The van der Waals surface area contributed by atoms with Crippen molar-refractivity contribution in [2.24, 2.45) is 5.41 Å². The summed E-state index contributed by atoms with van der Waals surface area (Å²) in [6.45, 7) is 2.82. The van der Waals surface area contributed by atoms with Crippen molar-refractivity contribution in [1.82, 2.24) is 5.32 Å². The van der Waals surface area contributed by atoms with Gasteiger partial charge in [-0.2, -0.15) is 0 Å². The molecule has 4 heteroatoms. The number of carbonyl (C=O) groups is 1. The minimum Gasteiger partial charge on any atom is -0.465 e. The van der Waals surface area contributed by atoms with E-state index in [1.165, 1.54) is 0 Å². The van der Waals surface area contributed by atoms with E-state index in [-0.39, 0.29) is 5.97 Å². The molecular formula is C11H18FNO2. The molecule has 0 spiro atoms. The van der Waals surface area contributed by atoms with Gasteiger partial charge in [0.25, 0.3) is 0 Å². The van der Waals surface area contributed by atoms with Gasteiger partial charge >= 0.3 is 5.97 Å². The Morgan fingerprint density at radius 1 is 1.40 bits per heavy atom. The van der Waals surface area contributed by atoms with Crippen molar-refractivity contribution >= 4 is 5.97 Å². The van der Waals surface area contributed by atoms with Crippen molar-refractivity contribution in [3.8, 4) is 0 Å². The van der Waals surface area contributed by atoms with Gasteiger partial charge in [0.1, 0.15) is 11.1 Å². The topological polar surface area (TPSA) is 38.3 Å². The number of hydrogen-bond donors (Lipinski definition) is 1. The summed E-state index contributed by atoms with van der Waals surface area (Å²) < 4.78 is 19.7. The number of halogens is 1. The van der Waals surface area contributed by atoms with Crippen LogP contribution >= 0.6 is 0 Å². The standard InChI is InChI=1S/C11H18FNO2/c1-2-15-9(14)10-5-3-4-6-11(10,12)8-13-7-10/h13H,2-8H2,1H3/t10-,11-/m1/s1. The van der Waals surface area contributed by atoms with Crippen LogP contribution in [0.15, 0.2) is 0 Å². The van der Waals surface area contributed by atoms with Crippen molar-refractivity contribution in [3.05, 3.63) is 0 Å². The molecule has 2 rings (SSSR count). The molecule has 1 heterocycles. The quantitative estimate of drug-likeness (QED) is 0.708. The van der Waals surface area contributed by atoms with Crippen LogP contribution in [0.25, 0.3) is 0 Å². The van der Waals surface area contributed by atoms with Gasteiger partial charge in [0.15, 0.2) is 0 Å². The van der Waals surface area contributed by atoms with Crippen LogP contribution in [-0.4, -0.2) is 31.3 Å². The summed E-state index contributed by atoms with van der Waals surface area (Å²) in [5.74, 6) is -0.350. The number of rotatable bonds is 2. The molecular weight excluding hydrogens is 197 g/mol. The van der Waals surface area contributed by atoms with Gasteiger partial charge in [-0.1, -0.05) is 12.8 Å². The predicted molar refractivity (Wildman–Crippen MR) is 54.2 cm³/mol. The molecule has 1 aliphatic carbocycles. The molecule has 86 valence electrons. The van der Waals surface area contributed by atoms with Crippen molar-refractivity contribution in [3.63, 3.8) is 0 Å². The molecule has 3 nitrogen and oxygen atoms in total. The second-order valence-corrected chi connectivity index (χ2v) is 4.58. The summed E-state index contributed by atoms with van der Waals surface area (Å²) in [6, 6.07) is 0. The predicted octanol–water partition coefficient (Wildman–Crippen LogP) is 1.42. The fourth-order valence-corrected chi connectivity index (χ4v) is 2.90. The van der Waals surface area contributed by atoms with E-state index in [9.17, 15) is 9.18 Å². The van der Waals surface area contributed by atoms with E-state index in [1.54, 1.807) is 6.92 Å². The molecule has 2 aliphatic rings. The fraction of sp³-hybridized carbons (Fsp3) is 0.909. The molecule has 0 unspecified atom stereocenters. The van der Waals surface area contributed by atoms with Crippen LogP contribution in [-0.2, 0) is 9.53 Å². The Morgan fingerprint density at radius 3 is 2.87 bits per heavy atom. The number of nitrogens with one attached hydrogen (secondary N) is 1. The fourth-order valence-electron chi connectivity index (χ4n) is 2.90. The smallest absolute Gasteiger partial charge is 0.316 e. The number of carbonyl (C=O) groups excluding carboxylic acids is 1. The zero-order chi connectivity index (χ0) is 10.9. The summed E-state index contributed by atoms with van der Waals surface area (Å²) in [6.07, 6.45) is 2.90. The maximum absolute atomic E-state index is 14.6. The van der Waals surface area contributed by atoms with Crippen LogP contribution in [0.5, 0.6) is 0 Å². The van der Waals surface area contributed by atoms with Gasteiger partial charge in [-0.15, -0.1) is 0 Å². The van der Waals surface area contributed by atoms with E-state index >= 15 is 0 Å². The van der Waals surface area contributed by atoms with Crippen LogP contribution < -0.4 is 5.32 Å². The molecule has 0 amide bonds. The van der Waals surface area contributed by atoms with Crippen molar-refractivity contribution in [2.45, 2.75) is 38.3 Å². The third-order valence-electron chi connectivity index (χ3n) is 3.78. The Morgan fingerprint density at radius 2 is 2.13 bits per heavy atom. The average Bonchev–Trinajstić information content (AvgIpc) is 2.56. The molecule has 1 saturated heterocycles. The Kier molecular flexibility index (Phi) is 2.71. The lowest BCUT2D eigenvalue weighted by Gasteiger charge is -2.40. The Labute approximate surface area is 89.4 Å². The molecule has 0 bridgehead atoms. The summed E-state index contributed by atoms with van der Waals surface area (Å²) in [4.78, 5) is 11.9. The van der Waals surface area contributed by atoms with E-state index in [2.05, 4.69) is 5.32 Å². The number of fused-ring (bicyclic) bond motifs is 1. The highest BCUT2D eigenvalue weighted by Gasteiger charge is 2.62. The molecule has 15 heavy (non-hydrogen) atoms. The first-order valence-electron chi connectivity index (χ1n) is 5.71. The van der Waals surface area contributed by atoms with Crippen molar-refractivity contribution in [1.29, 1.82) is 0 Å². The molecule has 1 N–H and O–H groups in total. The maximum Gasteiger partial charge on any atom is 0.316 e. The van der Waals surface area contributed by atoms with Gasteiger partial charge in [-0.25, -0.2) is 4.39 Å². The minimum atomic E-state index is -1.38. The Bertz CT molecular complexity index is 271. The second-order valence-electron chi connectivity index (χ2n) is 4.58. The minimum absolute atomic E-state index is 0.297. The largest absolute Gasteiger partial charge is 0.465 e. The number of ether oxygens (including phenoxy) is 1. The number of esters is 1. The first kappa shape index (κ1) is 10.9. The zero-order valence-corrected chi connectivity index (χ0v) is 9.14. The first-order chi connectivity index (χ1) is 7.15. The van der Waals surface area contributed by atoms with Crippen molar-refractivity contribution < 1.29 is 13.9 Å². The van der Waals surface area contributed by atoms with Crippen LogP contribution in [0, 0.1) is 5.41 Å². The second kappa shape index (κ2) is 3.74. The van der Waals surface area contributed by atoms with Crippen LogP contribution in [0.4, 0.5) is 4.39 Å². The average molecular weight is 215 g/mol. The number of hydrogen-bond acceptors (Lipinski definition) is 3. The number of alkyl halides is 1. The lowest BCUT2D eigenvalue weighted by Crippen LogP contribution is -2.52. The van der Waals surface area contributed by atoms with E-state index in [1.807, 2.05) is 0 Å². The van der Waals surface area contributed by atoms with E-state index in [4.69, 9.17) is 4.74 Å². The van der Waals surface area contributed by atoms with E-state index < -0.39 is 11.1 Å². The highest BCUT2D eigenvalue weighted by molar-refractivity contribution is 5.79. The van der Waals surface area contributed by atoms with Gasteiger partial charge in [0.05, 0.1) is 6.61 Å². The van der Waals surface area contributed by atoms with Crippen LogP contribution in [0.2, 0.25) is 0 Å². The molecule has 0 aromatic heterocycles. The molecule has 0 aromatic carbocycles. The maximum atomic E-state index is 14.6. The summed E-state index contributed by atoms with van der Waals surface area (Å²) in [5.41, 5.74) is -2.28. The van der Waals surface area contributed by atoms with Gasteiger partial charge in [-0.05, 0) is 19.8 Å². The molecule has 0 radical (unpaired) electrons. The molecule has 1 saturated carbocycles. The molecule has 1 aliphatic heterocycles. The zero-order valence-electron chi connectivity index (χ0n) is 9.14. The highest BCUT2D eigenvalue weighted by atomic mass is 19.1. The van der Waals surface area contributed by atoms with Gasteiger partial charge in [0.2, 0.25) is 0 Å². The van der Waals surface area contributed by atoms with E-state index in [0.717, 1.165) is 12.8 Å². The summed E-state index contributed by atoms with van der Waals surface area (Å²) in [5, 5.41) is 3.01. The third kappa shape index (κ3) is 1.46. The molecule has 0 aromatic rings. The molecule has 2 atom stereocenters. The molecule has 2 fully saturated rings. The Balaban J connectivity index is 2.25. The van der Waals surface area contributed by atoms with Crippen LogP contribution in [0.1, 0.15) is 32.6 Å². The van der Waals surface area contributed by atoms with Gasteiger partial charge < -0.3 is 10.1 Å². The summed E-state index contributed by atoms with van der Waals surface area (Å²) in [7, 11) is 0. The Hall–Kier alpha value is -0.640. The first-order valence-corrected chi connectivity index (χ1v) is 5.71. The summed E-state index contributed by atoms with van der Waals surface area (Å²) >= 11 is 0. The van der Waals surface area contributed by atoms with E-state index in [0.29, 0.717) is 32.5 Å². The normalized spacial score (nSPS) is 39.9. The third-order valence-corrected chi connectivity index (χ3v) is 3.78. The van der Waals surface area contributed by atoms with Crippen LogP contribution in [0.3, 0.4) is 0 Å². The highest BCUT2D eigenvalue weighted by Crippen LogP contribution is 2.50.